The van der Waals surface area contributed by atoms with Crippen molar-refractivity contribution in [2.24, 2.45) is 0 Å². The SMILES string of the molecule is CC1(C)OB(c2cc(OC3CC3)cc(C(F)(F)F)c2)OC1(C)C. The van der Waals surface area contributed by atoms with Gasteiger partial charge < -0.3 is 14.0 Å². The molecule has 1 saturated carbocycles. The van der Waals surface area contributed by atoms with Gasteiger partial charge in [-0.15, -0.1) is 0 Å². The zero-order chi connectivity index (χ0) is 17.0. The van der Waals surface area contributed by atoms with E-state index < -0.39 is 30.1 Å². The molecule has 1 saturated heterocycles. The van der Waals surface area contributed by atoms with E-state index in [1.54, 1.807) is 6.07 Å². The van der Waals surface area contributed by atoms with Gasteiger partial charge in [0.05, 0.1) is 22.9 Å². The van der Waals surface area contributed by atoms with Gasteiger partial charge in [-0.2, -0.15) is 13.2 Å². The Morgan fingerprint density at radius 3 is 2.09 bits per heavy atom. The zero-order valence-electron chi connectivity index (χ0n) is 13.7. The highest BCUT2D eigenvalue weighted by atomic mass is 19.4. The van der Waals surface area contributed by atoms with E-state index in [1.807, 2.05) is 27.7 Å². The van der Waals surface area contributed by atoms with Crippen LogP contribution in [0.3, 0.4) is 0 Å². The standard InChI is InChI=1S/C16H20BF3O3/c1-14(2)15(3,4)23-17(22-14)11-7-10(16(18,19)20)8-13(9-11)21-12-5-6-12/h7-9,12H,5-6H2,1-4H3. The molecule has 126 valence electrons. The van der Waals surface area contributed by atoms with E-state index in [4.69, 9.17) is 14.0 Å². The van der Waals surface area contributed by atoms with Crippen LogP contribution in [-0.4, -0.2) is 24.4 Å². The summed E-state index contributed by atoms with van der Waals surface area (Å²) in [6, 6.07) is 3.69. The maximum absolute atomic E-state index is 13.2. The highest BCUT2D eigenvalue weighted by Crippen LogP contribution is 2.38. The van der Waals surface area contributed by atoms with E-state index in [1.165, 1.54) is 0 Å². The van der Waals surface area contributed by atoms with E-state index in [0.717, 1.165) is 25.0 Å². The molecule has 0 spiro atoms. The molecule has 3 rings (SSSR count). The molecule has 23 heavy (non-hydrogen) atoms. The van der Waals surface area contributed by atoms with Crippen LogP contribution in [0.2, 0.25) is 0 Å². The summed E-state index contributed by atoms with van der Waals surface area (Å²) in [5.74, 6) is 0.215. The number of halogens is 3. The van der Waals surface area contributed by atoms with Crippen LogP contribution < -0.4 is 10.2 Å². The Bertz CT molecular complexity index is 593. The first-order chi connectivity index (χ1) is 10.5. The summed E-state index contributed by atoms with van der Waals surface area (Å²) < 4.78 is 56.7. The molecule has 1 aliphatic heterocycles. The average molecular weight is 328 g/mol. The van der Waals surface area contributed by atoms with E-state index in [9.17, 15) is 13.2 Å². The van der Waals surface area contributed by atoms with Gasteiger partial charge in [0.25, 0.3) is 0 Å². The Balaban J connectivity index is 1.95. The fourth-order valence-corrected chi connectivity index (χ4v) is 2.35. The fraction of sp³-hybridized carbons (Fsp3) is 0.625. The summed E-state index contributed by atoms with van der Waals surface area (Å²) in [4.78, 5) is 0. The minimum atomic E-state index is -4.44. The van der Waals surface area contributed by atoms with E-state index in [2.05, 4.69) is 0 Å². The maximum atomic E-state index is 13.2. The molecule has 1 aromatic carbocycles. The number of hydrogen-bond acceptors (Lipinski definition) is 3. The molecule has 0 atom stereocenters. The summed E-state index contributed by atoms with van der Waals surface area (Å²) in [6.45, 7) is 7.45. The molecule has 0 bridgehead atoms. The van der Waals surface area contributed by atoms with Gasteiger partial charge in [0.15, 0.2) is 0 Å². The molecular formula is C16H20BF3O3. The molecule has 2 aliphatic rings. The summed E-state index contributed by atoms with van der Waals surface area (Å²) in [7, 11) is -0.844. The van der Waals surface area contributed by atoms with E-state index in [0.29, 0.717) is 5.46 Å². The Labute approximate surface area is 134 Å². The second kappa shape index (κ2) is 5.15. The Hall–Kier alpha value is -1.21. The normalized spacial score (nSPS) is 23.2. The van der Waals surface area contributed by atoms with Crippen molar-refractivity contribution < 1.29 is 27.2 Å². The number of alkyl halides is 3. The Morgan fingerprint density at radius 2 is 1.61 bits per heavy atom. The lowest BCUT2D eigenvalue weighted by molar-refractivity contribution is -0.137. The Morgan fingerprint density at radius 1 is 1.04 bits per heavy atom. The lowest BCUT2D eigenvalue weighted by Gasteiger charge is -2.32. The highest BCUT2D eigenvalue weighted by Gasteiger charge is 2.52. The Kier molecular flexibility index (Phi) is 3.72. The third-order valence-electron chi connectivity index (χ3n) is 4.61. The maximum Gasteiger partial charge on any atom is 0.494 e. The molecule has 1 heterocycles. The largest absolute Gasteiger partial charge is 0.494 e. The van der Waals surface area contributed by atoms with Gasteiger partial charge >= 0.3 is 13.3 Å². The fourth-order valence-electron chi connectivity index (χ4n) is 2.35. The van der Waals surface area contributed by atoms with Gasteiger partial charge in [0, 0.05) is 0 Å². The predicted octanol–water partition coefficient (Wildman–Crippen LogP) is 3.55. The number of rotatable bonds is 3. The van der Waals surface area contributed by atoms with Crippen molar-refractivity contribution in [3.05, 3.63) is 23.8 Å². The molecule has 1 aromatic rings. The van der Waals surface area contributed by atoms with Crippen LogP contribution in [0.1, 0.15) is 46.1 Å². The first kappa shape index (κ1) is 16.6. The van der Waals surface area contributed by atoms with Gasteiger partial charge in [-0.05, 0) is 64.2 Å². The van der Waals surface area contributed by atoms with Gasteiger partial charge in [0.1, 0.15) is 5.75 Å². The van der Waals surface area contributed by atoms with Crippen molar-refractivity contribution in [2.75, 3.05) is 0 Å². The molecule has 0 radical (unpaired) electrons. The average Bonchev–Trinajstić information content (AvgIpc) is 3.15. The molecule has 2 fully saturated rings. The number of hydrogen-bond donors (Lipinski definition) is 0. The lowest BCUT2D eigenvalue weighted by atomic mass is 9.78. The summed E-state index contributed by atoms with van der Waals surface area (Å²) in [5.41, 5.74) is -1.64. The molecule has 0 N–H and O–H groups in total. The third kappa shape index (κ3) is 3.35. The van der Waals surface area contributed by atoms with Crippen molar-refractivity contribution in [1.82, 2.24) is 0 Å². The second-order valence-corrected chi connectivity index (χ2v) is 7.19. The van der Waals surface area contributed by atoms with E-state index >= 15 is 0 Å². The van der Waals surface area contributed by atoms with Crippen LogP contribution in [-0.2, 0) is 15.5 Å². The van der Waals surface area contributed by atoms with E-state index in [-0.39, 0.29) is 11.9 Å². The minimum absolute atomic E-state index is 0.0182. The van der Waals surface area contributed by atoms with Crippen molar-refractivity contribution in [2.45, 2.75) is 64.0 Å². The first-order valence-corrected chi connectivity index (χ1v) is 7.72. The smallest absolute Gasteiger partial charge is 0.490 e. The van der Waals surface area contributed by atoms with Crippen molar-refractivity contribution in [3.8, 4) is 5.75 Å². The molecule has 1 aliphatic carbocycles. The molecule has 3 nitrogen and oxygen atoms in total. The van der Waals surface area contributed by atoms with Crippen LogP contribution in [0.25, 0.3) is 0 Å². The van der Waals surface area contributed by atoms with Crippen LogP contribution in [0.4, 0.5) is 13.2 Å². The second-order valence-electron chi connectivity index (χ2n) is 7.19. The van der Waals surface area contributed by atoms with Gasteiger partial charge in [0.2, 0.25) is 0 Å². The van der Waals surface area contributed by atoms with Gasteiger partial charge in [-0.3, -0.25) is 0 Å². The minimum Gasteiger partial charge on any atom is -0.490 e. The first-order valence-electron chi connectivity index (χ1n) is 7.72. The van der Waals surface area contributed by atoms with Gasteiger partial charge in [-0.1, -0.05) is 0 Å². The molecule has 7 heteroatoms. The topological polar surface area (TPSA) is 27.7 Å². The summed E-state index contributed by atoms with van der Waals surface area (Å²) in [6.07, 6.45) is -2.67. The van der Waals surface area contributed by atoms with Crippen molar-refractivity contribution in [3.63, 3.8) is 0 Å². The third-order valence-corrected chi connectivity index (χ3v) is 4.61. The molecule has 0 amide bonds. The molecule has 0 unspecified atom stereocenters. The highest BCUT2D eigenvalue weighted by molar-refractivity contribution is 6.62. The zero-order valence-corrected chi connectivity index (χ0v) is 13.7. The van der Waals surface area contributed by atoms with Gasteiger partial charge in [-0.25, -0.2) is 0 Å². The quantitative estimate of drug-likeness (QED) is 0.795. The number of ether oxygens (including phenoxy) is 1. The monoisotopic (exact) mass is 328 g/mol. The van der Waals surface area contributed by atoms with Crippen LogP contribution >= 0.6 is 0 Å². The van der Waals surface area contributed by atoms with Crippen LogP contribution in [0, 0.1) is 0 Å². The molecular weight excluding hydrogens is 308 g/mol. The number of benzene rings is 1. The van der Waals surface area contributed by atoms with Crippen LogP contribution in [0.15, 0.2) is 18.2 Å². The van der Waals surface area contributed by atoms with Crippen molar-refractivity contribution >= 4 is 12.6 Å². The van der Waals surface area contributed by atoms with Crippen LogP contribution in [0.5, 0.6) is 5.75 Å². The lowest BCUT2D eigenvalue weighted by Crippen LogP contribution is -2.41. The molecule has 0 aromatic heterocycles. The van der Waals surface area contributed by atoms with Crippen molar-refractivity contribution in [1.29, 1.82) is 0 Å². The summed E-state index contributed by atoms with van der Waals surface area (Å²) >= 11 is 0. The summed E-state index contributed by atoms with van der Waals surface area (Å²) in [5, 5.41) is 0. The predicted molar refractivity (Wildman–Crippen MR) is 80.8 cm³/mol.